The van der Waals surface area contributed by atoms with Crippen LogP contribution in [0.25, 0.3) is 0 Å². The van der Waals surface area contributed by atoms with Gasteiger partial charge in [0.2, 0.25) is 5.13 Å². The quantitative estimate of drug-likeness (QED) is 0.474. The maximum absolute atomic E-state index is 12.0. The second-order valence-electron chi connectivity index (χ2n) is 5.89. The molecule has 0 unspecified atom stereocenters. The molecule has 1 fully saturated rings. The number of urea groups is 1. The van der Waals surface area contributed by atoms with E-state index in [2.05, 4.69) is 20.8 Å². The molecule has 1 aliphatic carbocycles. The molecule has 2 rings (SSSR count). The van der Waals surface area contributed by atoms with Crippen molar-refractivity contribution in [1.82, 2.24) is 15.5 Å². The van der Waals surface area contributed by atoms with E-state index in [4.69, 9.17) is 0 Å². The van der Waals surface area contributed by atoms with Crippen LogP contribution in [0.4, 0.5) is 9.93 Å². The van der Waals surface area contributed by atoms with Gasteiger partial charge < -0.3 is 10.4 Å². The van der Waals surface area contributed by atoms with Gasteiger partial charge in [-0.1, -0.05) is 62.1 Å². The molecular weight excluding hydrogens is 348 g/mol. The number of aromatic nitrogens is 2. The first-order chi connectivity index (χ1) is 11.6. The first-order valence-corrected chi connectivity index (χ1v) is 10.1. The molecule has 0 aliphatic heterocycles. The second-order valence-corrected chi connectivity index (χ2v) is 8.32. The third-order valence-corrected chi connectivity index (χ3v) is 6.08. The second kappa shape index (κ2) is 9.83. The van der Waals surface area contributed by atoms with E-state index in [1.54, 1.807) is 0 Å². The fourth-order valence-corrected chi connectivity index (χ4v) is 4.58. The van der Waals surface area contributed by atoms with E-state index in [1.165, 1.54) is 29.5 Å². The van der Waals surface area contributed by atoms with E-state index in [1.807, 2.05) is 6.92 Å². The highest BCUT2D eigenvalue weighted by atomic mass is 32.2. The first-order valence-electron chi connectivity index (χ1n) is 8.39. The van der Waals surface area contributed by atoms with E-state index in [0.29, 0.717) is 15.9 Å². The van der Waals surface area contributed by atoms with Crippen molar-refractivity contribution in [2.45, 2.75) is 73.9 Å². The van der Waals surface area contributed by atoms with Gasteiger partial charge in [0.1, 0.15) is 5.25 Å². The molecule has 24 heavy (non-hydrogen) atoms. The first kappa shape index (κ1) is 19.0. The summed E-state index contributed by atoms with van der Waals surface area (Å²) in [5, 5.41) is 22.7. The number of nitrogens with zero attached hydrogens (tertiary/aromatic N) is 2. The number of carbonyl (C=O) groups excluding carboxylic acids is 1. The molecule has 9 heteroatoms. The number of hydrogen-bond acceptors (Lipinski definition) is 6. The number of anilines is 1. The van der Waals surface area contributed by atoms with Crippen LogP contribution in [0.3, 0.4) is 0 Å². The Morgan fingerprint density at radius 3 is 2.75 bits per heavy atom. The Morgan fingerprint density at radius 2 is 2.08 bits per heavy atom. The fraction of sp³-hybridized carbons (Fsp3) is 0.733. The number of hydrogen-bond donors (Lipinski definition) is 3. The number of carboxylic acids is 1. The number of carbonyl (C=O) groups is 2. The standard InChI is InChI=1S/C15H24N4O3S2/c1-2-3-9-11(12(20)21)23-15-19-18-14(24-15)17-13(22)16-10-7-5-4-6-8-10/h10-11H,2-9H2,1H3,(H,20,21)(H2,16,17,18,22)/t11-/m0/s1. The zero-order valence-electron chi connectivity index (χ0n) is 13.8. The maximum atomic E-state index is 12.0. The van der Waals surface area contributed by atoms with Crippen LogP contribution in [0.2, 0.25) is 0 Å². The summed E-state index contributed by atoms with van der Waals surface area (Å²) in [5.41, 5.74) is 0. The maximum Gasteiger partial charge on any atom is 0.321 e. The number of carboxylic acid groups (broad SMARTS) is 1. The molecule has 1 aromatic heterocycles. The van der Waals surface area contributed by atoms with Crippen molar-refractivity contribution in [3.8, 4) is 0 Å². The van der Waals surface area contributed by atoms with Crippen LogP contribution in [0.15, 0.2) is 4.34 Å². The van der Waals surface area contributed by atoms with E-state index < -0.39 is 11.2 Å². The van der Waals surface area contributed by atoms with Gasteiger partial charge in [-0.3, -0.25) is 10.1 Å². The number of amides is 2. The molecule has 1 saturated carbocycles. The van der Waals surface area contributed by atoms with Gasteiger partial charge in [0.25, 0.3) is 0 Å². The largest absolute Gasteiger partial charge is 0.480 e. The lowest BCUT2D eigenvalue weighted by molar-refractivity contribution is -0.136. The number of nitrogens with one attached hydrogen (secondary N) is 2. The van der Waals surface area contributed by atoms with Crippen LogP contribution in [0.5, 0.6) is 0 Å². The molecule has 0 saturated heterocycles. The van der Waals surface area contributed by atoms with Crippen LogP contribution >= 0.6 is 23.1 Å². The Morgan fingerprint density at radius 1 is 1.33 bits per heavy atom. The predicted octanol–water partition coefficient (Wildman–Crippen LogP) is 3.73. The van der Waals surface area contributed by atoms with E-state index in [9.17, 15) is 14.7 Å². The van der Waals surface area contributed by atoms with Gasteiger partial charge in [-0.2, -0.15) is 0 Å². The third kappa shape index (κ3) is 6.27. The zero-order chi connectivity index (χ0) is 17.4. The van der Waals surface area contributed by atoms with Gasteiger partial charge in [-0.05, 0) is 19.3 Å². The molecule has 7 nitrogen and oxygen atoms in total. The fourth-order valence-electron chi connectivity index (χ4n) is 2.62. The van der Waals surface area contributed by atoms with Crippen LogP contribution in [-0.4, -0.2) is 38.6 Å². The SMILES string of the molecule is CCCC[C@H](Sc1nnc(NC(=O)NC2CCCCC2)s1)C(=O)O. The number of rotatable bonds is 8. The lowest BCUT2D eigenvalue weighted by Crippen LogP contribution is -2.38. The average molecular weight is 373 g/mol. The van der Waals surface area contributed by atoms with Gasteiger partial charge in [0.05, 0.1) is 0 Å². The van der Waals surface area contributed by atoms with Crippen LogP contribution in [-0.2, 0) is 4.79 Å². The smallest absolute Gasteiger partial charge is 0.321 e. The molecular formula is C15H24N4O3S2. The predicted molar refractivity (Wildman–Crippen MR) is 95.7 cm³/mol. The molecule has 1 heterocycles. The van der Waals surface area contributed by atoms with Crippen LogP contribution in [0, 0.1) is 0 Å². The number of thioether (sulfide) groups is 1. The van der Waals surface area contributed by atoms with Crippen molar-refractivity contribution in [2.24, 2.45) is 0 Å². The third-order valence-electron chi connectivity index (χ3n) is 3.91. The normalized spacial score (nSPS) is 16.5. The van der Waals surface area contributed by atoms with Crippen molar-refractivity contribution in [1.29, 1.82) is 0 Å². The highest BCUT2D eigenvalue weighted by Crippen LogP contribution is 2.31. The molecule has 2 amide bonds. The van der Waals surface area contributed by atoms with E-state index >= 15 is 0 Å². The highest BCUT2D eigenvalue weighted by molar-refractivity contribution is 8.02. The molecule has 134 valence electrons. The Kier molecular flexibility index (Phi) is 7.77. The van der Waals surface area contributed by atoms with Crippen molar-refractivity contribution in [2.75, 3.05) is 5.32 Å². The molecule has 1 aromatic rings. The van der Waals surface area contributed by atoms with Crippen molar-refractivity contribution >= 4 is 40.2 Å². The summed E-state index contributed by atoms with van der Waals surface area (Å²) in [6.45, 7) is 2.03. The van der Waals surface area contributed by atoms with Crippen LogP contribution < -0.4 is 10.6 Å². The van der Waals surface area contributed by atoms with E-state index in [0.717, 1.165) is 38.5 Å². The molecule has 1 aliphatic rings. The summed E-state index contributed by atoms with van der Waals surface area (Å²) in [6.07, 6.45) is 7.98. The van der Waals surface area contributed by atoms with Crippen LogP contribution in [0.1, 0.15) is 58.3 Å². The lowest BCUT2D eigenvalue weighted by atomic mass is 9.96. The minimum absolute atomic E-state index is 0.228. The van der Waals surface area contributed by atoms with Crippen molar-refractivity contribution < 1.29 is 14.7 Å². The molecule has 3 N–H and O–H groups in total. The van der Waals surface area contributed by atoms with Gasteiger partial charge in [-0.15, -0.1) is 10.2 Å². The minimum atomic E-state index is -0.840. The van der Waals surface area contributed by atoms with Gasteiger partial charge in [0, 0.05) is 6.04 Å². The zero-order valence-corrected chi connectivity index (χ0v) is 15.4. The van der Waals surface area contributed by atoms with Gasteiger partial charge in [0.15, 0.2) is 4.34 Å². The average Bonchev–Trinajstić information content (AvgIpc) is 2.99. The summed E-state index contributed by atoms with van der Waals surface area (Å²) in [7, 11) is 0. The summed E-state index contributed by atoms with van der Waals surface area (Å²) in [4.78, 5) is 23.2. The minimum Gasteiger partial charge on any atom is -0.480 e. The summed E-state index contributed by atoms with van der Waals surface area (Å²) in [6, 6.07) is -0.0404. The Bertz CT molecular complexity index is 547. The Hall–Kier alpha value is -1.35. The molecule has 0 spiro atoms. The van der Waals surface area contributed by atoms with Gasteiger partial charge >= 0.3 is 12.0 Å². The van der Waals surface area contributed by atoms with Crippen molar-refractivity contribution in [3.05, 3.63) is 0 Å². The van der Waals surface area contributed by atoms with Crippen molar-refractivity contribution in [3.63, 3.8) is 0 Å². The summed E-state index contributed by atoms with van der Waals surface area (Å²) >= 11 is 2.40. The van der Waals surface area contributed by atoms with E-state index in [-0.39, 0.29) is 12.1 Å². The summed E-state index contributed by atoms with van der Waals surface area (Å²) < 4.78 is 0.562. The number of aliphatic carboxylic acids is 1. The molecule has 1 atom stereocenters. The molecule has 0 aromatic carbocycles. The summed E-state index contributed by atoms with van der Waals surface area (Å²) in [5.74, 6) is -0.840. The monoisotopic (exact) mass is 372 g/mol. The lowest BCUT2D eigenvalue weighted by Gasteiger charge is -2.22. The molecule has 0 bridgehead atoms. The Balaban J connectivity index is 1.82. The van der Waals surface area contributed by atoms with Gasteiger partial charge in [-0.25, -0.2) is 4.79 Å². The highest BCUT2D eigenvalue weighted by Gasteiger charge is 2.21. The Labute approximate surface area is 150 Å². The number of unbranched alkanes of at least 4 members (excludes halogenated alkanes) is 1. The molecule has 0 radical (unpaired) electrons. The topological polar surface area (TPSA) is 104 Å².